The van der Waals surface area contributed by atoms with Crippen molar-refractivity contribution in [2.45, 2.75) is 33.2 Å². The third-order valence-corrected chi connectivity index (χ3v) is 3.58. The van der Waals surface area contributed by atoms with Gasteiger partial charge in [-0.25, -0.2) is 0 Å². The molecule has 0 saturated heterocycles. The number of benzene rings is 1. The van der Waals surface area contributed by atoms with Crippen molar-refractivity contribution in [3.63, 3.8) is 0 Å². The summed E-state index contributed by atoms with van der Waals surface area (Å²) in [7, 11) is 0. The van der Waals surface area contributed by atoms with Crippen molar-refractivity contribution in [2.75, 3.05) is 6.54 Å². The number of rotatable bonds is 5. The van der Waals surface area contributed by atoms with E-state index in [1.54, 1.807) is 0 Å². The normalized spacial score (nSPS) is 12.6. The molecule has 2 nitrogen and oxygen atoms in total. The average molecular weight is 322 g/mol. The molecule has 102 valence electrons. The Kier molecular flexibility index (Phi) is 4.83. The van der Waals surface area contributed by atoms with Crippen molar-refractivity contribution in [1.29, 1.82) is 0 Å². The quantitative estimate of drug-likeness (QED) is 0.869. The topological polar surface area (TPSA) is 25.2 Å². The van der Waals surface area contributed by atoms with Crippen LogP contribution in [0.2, 0.25) is 0 Å². The fourth-order valence-electron chi connectivity index (χ4n) is 2.26. The predicted molar refractivity (Wildman–Crippen MR) is 82.5 cm³/mol. The third kappa shape index (κ3) is 3.48. The molecule has 3 heteroatoms. The van der Waals surface area contributed by atoms with Crippen LogP contribution in [0.4, 0.5) is 0 Å². The summed E-state index contributed by atoms with van der Waals surface area (Å²) in [6, 6.07) is 10.7. The van der Waals surface area contributed by atoms with Crippen LogP contribution in [0.15, 0.2) is 39.2 Å². The molecule has 0 aliphatic carbocycles. The van der Waals surface area contributed by atoms with Crippen molar-refractivity contribution >= 4 is 15.9 Å². The van der Waals surface area contributed by atoms with Crippen molar-refractivity contribution in [2.24, 2.45) is 0 Å². The summed E-state index contributed by atoms with van der Waals surface area (Å²) in [5.41, 5.74) is 2.47. The Balaban J connectivity index is 2.38. The van der Waals surface area contributed by atoms with Crippen LogP contribution in [-0.4, -0.2) is 6.54 Å². The van der Waals surface area contributed by atoms with Crippen LogP contribution < -0.4 is 5.32 Å². The second-order valence-electron chi connectivity index (χ2n) is 4.71. The van der Waals surface area contributed by atoms with Crippen molar-refractivity contribution in [3.8, 4) is 0 Å². The van der Waals surface area contributed by atoms with Gasteiger partial charge in [0.1, 0.15) is 11.5 Å². The number of hydrogen-bond acceptors (Lipinski definition) is 2. The number of aryl methyl sites for hydroxylation is 2. The third-order valence-electron chi connectivity index (χ3n) is 3.12. The lowest BCUT2D eigenvalue weighted by atomic mass is 10.0. The highest BCUT2D eigenvalue weighted by molar-refractivity contribution is 9.10. The maximum absolute atomic E-state index is 5.90. The van der Waals surface area contributed by atoms with E-state index in [4.69, 9.17) is 4.42 Å². The van der Waals surface area contributed by atoms with Gasteiger partial charge in [0, 0.05) is 10.9 Å². The Hall–Kier alpha value is -1.06. The molecule has 19 heavy (non-hydrogen) atoms. The van der Waals surface area contributed by atoms with Gasteiger partial charge in [-0.05, 0) is 48.9 Å². The summed E-state index contributed by atoms with van der Waals surface area (Å²) in [5.74, 6) is 2.01. The molecule has 0 radical (unpaired) electrons. The number of hydrogen-bond donors (Lipinski definition) is 1. The van der Waals surface area contributed by atoms with Crippen LogP contribution in [0.3, 0.4) is 0 Å². The molecule has 1 atom stereocenters. The first kappa shape index (κ1) is 14.4. The van der Waals surface area contributed by atoms with E-state index < -0.39 is 0 Å². The lowest BCUT2D eigenvalue weighted by Crippen LogP contribution is -2.21. The van der Waals surface area contributed by atoms with E-state index in [1.807, 2.05) is 0 Å². The van der Waals surface area contributed by atoms with Gasteiger partial charge in [-0.2, -0.15) is 0 Å². The van der Waals surface area contributed by atoms with E-state index in [9.17, 15) is 0 Å². The molecule has 0 aliphatic rings. The van der Waals surface area contributed by atoms with Crippen molar-refractivity contribution < 1.29 is 4.42 Å². The highest BCUT2D eigenvalue weighted by atomic mass is 79.9. The molecule has 1 aromatic carbocycles. The Morgan fingerprint density at radius 1 is 1.21 bits per heavy atom. The maximum atomic E-state index is 5.90. The monoisotopic (exact) mass is 321 g/mol. The molecule has 1 aromatic heterocycles. The zero-order valence-corrected chi connectivity index (χ0v) is 13.3. The number of halogens is 1. The van der Waals surface area contributed by atoms with E-state index in [1.165, 1.54) is 11.1 Å². The summed E-state index contributed by atoms with van der Waals surface area (Å²) >= 11 is 3.57. The standard InChI is InChI=1S/C16H20BrNO/c1-4-14-6-7-15(19-14)16(18-5-2)12-8-11(3)9-13(17)10-12/h6-10,16,18H,4-5H2,1-3H3. The van der Waals surface area contributed by atoms with Gasteiger partial charge in [0.05, 0.1) is 6.04 Å². The van der Waals surface area contributed by atoms with Crippen LogP contribution in [0, 0.1) is 6.92 Å². The van der Waals surface area contributed by atoms with E-state index in [-0.39, 0.29) is 6.04 Å². The minimum absolute atomic E-state index is 0.112. The summed E-state index contributed by atoms with van der Waals surface area (Å²) in [6.45, 7) is 7.23. The summed E-state index contributed by atoms with van der Waals surface area (Å²) < 4.78 is 7.01. The smallest absolute Gasteiger partial charge is 0.125 e. The Morgan fingerprint density at radius 3 is 2.58 bits per heavy atom. The zero-order chi connectivity index (χ0) is 13.8. The second kappa shape index (κ2) is 6.40. The van der Waals surface area contributed by atoms with Crippen molar-refractivity contribution in [3.05, 3.63) is 57.5 Å². The van der Waals surface area contributed by atoms with E-state index in [0.29, 0.717) is 0 Å². The first-order valence-corrected chi connectivity index (χ1v) is 7.52. The summed E-state index contributed by atoms with van der Waals surface area (Å²) in [4.78, 5) is 0. The van der Waals surface area contributed by atoms with E-state index >= 15 is 0 Å². The van der Waals surface area contributed by atoms with Crippen LogP contribution in [0.1, 0.15) is 42.5 Å². The average Bonchev–Trinajstić information content (AvgIpc) is 2.83. The molecule has 0 spiro atoms. The summed E-state index contributed by atoms with van der Waals surface area (Å²) in [5, 5.41) is 3.49. The highest BCUT2D eigenvalue weighted by Crippen LogP contribution is 2.27. The van der Waals surface area contributed by atoms with Gasteiger partial charge in [-0.15, -0.1) is 0 Å². The van der Waals surface area contributed by atoms with Crippen LogP contribution >= 0.6 is 15.9 Å². The molecule has 1 unspecified atom stereocenters. The van der Waals surface area contributed by atoms with Gasteiger partial charge in [-0.3, -0.25) is 0 Å². The van der Waals surface area contributed by atoms with Crippen molar-refractivity contribution in [1.82, 2.24) is 5.32 Å². The van der Waals surface area contributed by atoms with Gasteiger partial charge < -0.3 is 9.73 Å². The van der Waals surface area contributed by atoms with Gasteiger partial charge in [0.2, 0.25) is 0 Å². The Labute approximate surface area is 123 Å². The minimum Gasteiger partial charge on any atom is -0.464 e. The molecule has 0 saturated carbocycles. The van der Waals surface area contributed by atoms with Gasteiger partial charge in [0.15, 0.2) is 0 Å². The van der Waals surface area contributed by atoms with E-state index in [0.717, 1.165) is 29.0 Å². The zero-order valence-electron chi connectivity index (χ0n) is 11.7. The molecule has 0 bridgehead atoms. The molecular formula is C16H20BrNO. The number of furan rings is 1. The molecule has 0 aliphatic heterocycles. The highest BCUT2D eigenvalue weighted by Gasteiger charge is 2.17. The fraction of sp³-hybridized carbons (Fsp3) is 0.375. The second-order valence-corrected chi connectivity index (χ2v) is 5.63. The first-order chi connectivity index (χ1) is 9.13. The maximum Gasteiger partial charge on any atom is 0.125 e. The van der Waals surface area contributed by atoms with Crippen LogP contribution in [-0.2, 0) is 6.42 Å². The van der Waals surface area contributed by atoms with Crippen LogP contribution in [0.5, 0.6) is 0 Å². The first-order valence-electron chi connectivity index (χ1n) is 6.73. The summed E-state index contributed by atoms with van der Waals surface area (Å²) in [6.07, 6.45) is 0.927. The molecule has 1 N–H and O–H groups in total. The molecule has 2 rings (SSSR count). The van der Waals surface area contributed by atoms with Gasteiger partial charge >= 0.3 is 0 Å². The number of nitrogens with one attached hydrogen (secondary N) is 1. The predicted octanol–water partition coefficient (Wildman–Crippen LogP) is 4.61. The van der Waals surface area contributed by atoms with Gasteiger partial charge in [-0.1, -0.05) is 35.8 Å². The Bertz CT molecular complexity index is 527. The SMILES string of the molecule is CCNC(c1cc(C)cc(Br)c1)c1ccc(CC)o1. The largest absolute Gasteiger partial charge is 0.464 e. The Morgan fingerprint density at radius 2 is 2.00 bits per heavy atom. The van der Waals surface area contributed by atoms with E-state index in [2.05, 4.69) is 72.3 Å². The fourth-order valence-corrected chi connectivity index (χ4v) is 2.88. The molecular weight excluding hydrogens is 302 g/mol. The lowest BCUT2D eigenvalue weighted by Gasteiger charge is -2.17. The van der Waals surface area contributed by atoms with Gasteiger partial charge in [0.25, 0.3) is 0 Å². The molecule has 0 fully saturated rings. The van der Waals surface area contributed by atoms with Crippen LogP contribution in [0.25, 0.3) is 0 Å². The molecule has 0 amide bonds. The molecule has 2 aromatic rings. The lowest BCUT2D eigenvalue weighted by molar-refractivity contribution is 0.425. The molecule has 1 heterocycles. The minimum atomic E-state index is 0.112.